The summed E-state index contributed by atoms with van der Waals surface area (Å²) in [5.41, 5.74) is 2.89. The van der Waals surface area contributed by atoms with Crippen molar-refractivity contribution >= 4 is 0 Å². The third-order valence-corrected chi connectivity index (χ3v) is 5.31. The fraction of sp³-hybridized carbons (Fsp3) is 0.476. The molecule has 1 saturated heterocycles. The zero-order valence-corrected chi connectivity index (χ0v) is 16.9. The first-order valence-electron chi connectivity index (χ1n) is 9.91. The molecule has 7 nitrogen and oxygen atoms in total. The number of benzene rings is 1. The van der Waals surface area contributed by atoms with Gasteiger partial charge < -0.3 is 9.30 Å². The maximum absolute atomic E-state index is 5.51. The van der Waals surface area contributed by atoms with Crippen LogP contribution in [0.4, 0.5) is 0 Å². The molecular weight excluding hydrogens is 352 g/mol. The molecule has 0 aliphatic carbocycles. The molecular formula is C21H28N6O. The first-order chi connectivity index (χ1) is 13.6. The van der Waals surface area contributed by atoms with E-state index in [4.69, 9.17) is 9.72 Å². The minimum absolute atomic E-state index is 0.156. The Morgan fingerprint density at radius 2 is 1.82 bits per heavy atom. The van der Waals surface area contributed by atoms with Crippen molar-refractivity contribution in [3.63, 3.8) is 0 Å². The van der Waals surface area contributed by atoms with E-state index in [2.05, 4.69) is 52.5 Å². The molecule has 1 aliphatic rings. The number of hydrogen-bond donors (Lipinski definition) is 0. The van der Waals surface area contributed by atoms with Crippen LogP contribution in [0.3, 0.4) is 0 Å². The van der Waals surface area contributed by atoms with Crippen LogP contribution in [0.2, 0.25) is 0 Å². The summed E-state index contributed by atoms with van der Waals surface area (Å²) in [6.45, 7) is 11.8. The Balaban J connectivity index is 1.80. The van der Waals surface area contributed by atoms with Gasteiger partial charge in [-0.3, -0.25) is 4.90 Å². The van der Waals surface area contributed by atoms with Crippen LogP contribution in [0.1, 0.15) is 20.8 Å². The molecule has 0 atom stereocenters. The highest BCUT2D eigenvalue weighted by molar-refractivity contribution is 5.75. The highest BCUT2D eigenvalue weighted by atomic mass is 16.5. The first kappa shape index (κ1) is 18.8. The van der Waals surface area contributed by atoms with Gasteiger partial charge in [-0.25, -0.2) is 14.6 Å². The number of hydrogen-bond acceptors (Lipinski definition) is 5. The lowest BCUT2D eigenvalue weighted by Crippen LogP contribution is -2.46. The Hall–Kier alpha value is -2.51. The zero-order valence-electron chi connectivity index (χ0n) is 16.9. The molecule has 0 N–H and O–H groups in total. The van der Waals surface area contributed by atoms with Crippen LogP contribution in [0.15, 0.2) is 43.0 Å². The van der Waals surface area contributed by atoms with E-state index in [0.29, 0.717) is 0 Å². The van der Waals surface area contributed by atoms with Crippen LogP contribution in [0, 0.1) is 0 Å². The van der Waals surface area contributed by atoms with Crippen molar-refractivity contribution in [1.29, 1.82) is 0 Å². The molecule has 0 saturated carbocycles. The average Bonchev–Trinajstić information content (AvgIpc) is 3.35. The van der Waals surface area contributed by atoms with Crippen LogP contribution in [-0.2, 0) is 16.8 Å². The summed E-state index contributed by atoms with van der Waals surface area (Å²) in [4.78, 5) is 11.9. The normalized spacial score (nSPS) is 15.8. The van der Waals surface area contributed by atoms with Gasteiger partial charge in [-0.2, -0.15) is 5.10 Å². The quantitative estimate of drug-likeness (QED) is 0.658. The first-order valence-corrected chi connectivity index (χ1v) is 9.91. The summed E-state index contributed by atoms with van der Waals surface area (Å²) >= 11 is 0. The lowest BCUT2D eigenvalue weighted by Gasteiger charge is -2.36. The van der Waals surface area contributed by atoms with Crippen molar-refractivity contribution in [1.82, 2.24) is 29.2 Å². The van der Waals surface area contributed by atoms with Crippen LogP contribution in [0.5, 0.6) is 0 Å². The molecule has 0 radical (unpaired) electrons. The largest absolute Gasteiger partial charge is 0.379 e. The van der Waals surface area contributed by atoms with E-state index >= 15 is 0 Å². The van der Waals surface area contributed by atoms with Gasteiger partial charge in [-0.05, 0) is 20.8 Å². The van der Waals surface area contributed by atoms with Crippen molar-refractivity contribution in [2.45, 2.75) is 32.9 Å². The standard InChI is InChI=1S/C21H28N6O/c1-4-27-20(22-15-24-27)19-18(17-8-6-5-7-9-17)23-16-26(19)21(2,3)14-25-10-12-28-13-11-25/h5-9,15-16H,4,10-14H2,1-3H3. The van der Waals surface area contributed by atoms with Gasteiger partial charge in [0.15, 0.2) is 5.82 Å². The summed E-state index contributed by atoms with van der Waals surface area (Å²) in [5, 5.41) is 4.40. The lowest BCUT2D eigenvalue weighted by atomic mass is 10.0. The highest BCUT2D eigenvalue weighted by Gasteiger charge is 2.30. The van der Waals surface area contributed by atoms with Crippen LogP contribution in [0.25, 0.3) is 22.8 Å². The Morgan fingerprint density at radius 1 is 1.07 bits per heavy atom. The number of morpholine rings is 1. The Labute approximate surface area is 166 Å². The monoisotopic (exact) mass is 380 g/mol. The van der Waals surface area contributed by atoms with Gasteiger partial charge in [-0.1, -0.05) is 30.3 Å². The Bertz CT molecular complexity index is 908. The van der Waals surface area contributed by atoms with Gasteiger partial charge in [0.1, 0.15) is 12.0 Å². The summed E-state index contributed by atoms with van der Waals surface area (Å²) in [7, 11) is 0. The molecule has 4 rings (SSSR count). The summed E-state index contributed by atoms with van der Waals surface area (Å²) in [6, 6.07) is 10.3. The molecule has 0 bridgehead atoms. The molecule has 1 fully saturated rings. The molecule has 148 valence electrons. The molecule has 0 amide bonds. The SMILES string of the molecule is CCn1ncnc1-c1c(-c2ccccc2)ncn1C(C)(C)CN1CCOCC1. The topological polar surface area (TPSA) is 61.0 Å². The van der Waals surface area contributed by atoms with Gasteiger partial charge in [0.2, 0.25) is 0 Å². The molecule has 2 aromatic heterocycles. The van der Waals surface area contributed by atoms with Gasteiger partial charge in [0.25, 0.3) is 0 Å². The van der Waals surface area contributed by atoms with Gasteiger partial charge in [0.05, 0.1) is 30.8 Å². The molecule has 28 heavy (non-hydrogen) atoms. The second kappa shape index (κ2) is 7.85. The van der Waals surface area contributed by atoms with Crippen LogP contribution >= 0.6 is 0 Å². The number of imidazole rings is 1. The van der Waals surface area contributed by atoms with E-state index in [9.17, 15) is 0 Å². The van der Waals surface area contributed by atoms with Crippen LogP contribution < -0.4 is 0 Å². The van der Waals surface area contributed by atoms with E-state index in [1.54, 1.807) is 6.33 Å². The predicted molar refractivity (Wildman–Crippen MR) is 109 cm³/mol. The summed E-state index contributed by atoms with van der Waals surface area (Å²) < 4.78 is 9.71. The van der Waals surface area contributed by atoms with Crippen molar-refractivity contribution in [3.05, 3.63) is 43.0 Å². The maximum Gasteiger partial charge on any atom is 0.177 e. The maximum atomic E-state index is 5.51. The van der Waals surface area contributed by atoms with Crippen LogP contribution in [-0.4, -0.2) is 62.1 Å². The fourth-order valence-electron chi connectivity index (χ4n) is 3.89. The number of ether oxygens (including phenoxy) is 1. The predicted octanol–water partition coefficient (Wildman–Crippen LogP) is 2.90. The summed E-state index contributed by atoms with van der Waals surface area (Å²) in [5.74, 6) is 0.855. The Kier molecular flexibility index (Phi) is 5.28. The molecule has 7 heteroatoms. The van der Waals surface area contributed by atoms with E-state index in [1.807, 2.05) is 29.2 Å². The minimum atomic E-state index is -0.156. The molecule has 1 aromatic carbocycles. The average molecular weight is 380 g/mol. The third-order valence-electron chi connectivity index (χ3n) is 5.31. The van der Waals surface area contributed by atoms with Gasteiger partial charge in [0, 0.05) is 31.7 Å². The third kappa shape index (κ3) is 3.59. The van der Waals surface area contributed by atoms with E-state index in [0.717, 1.165) is 62.2 Å². The van der Waals surface area contributed by atoms with Gasteiger partial charge >= 0.3 is 0 Å². The smallest absolute Gasteiger partial charge is 0.177 e. The van der Waals surface area contributed by atoms with Crippen molar-refractivity contribution < 1.29 is 4.74 Å². The van der Waals surface area contributed by atoms with Gasteiger partial charge in [-0.15, -0.1) is 0 Å². The van der Waals surface area contributed by atoms with E-state index in [-0.39, 0.29) is 5.54 Å². The van der Waals surface area contributed by atoms with E-state index < -0.39 is 0 Å². The number of nitrogens with zero attached hydrogens (tertiary/aromatic N) is 6. The summed E-state index contributed by atoms with van der Waals surface area (Å²) in [6.07, 6.45) is 3.58. The number of aryl methyl sites for hydroxylation is 1. The molecule has 3 aromatic rings. The van der Waals surface area contributed by atoms with Crippen molar-refractivity contribution in [3.8, 4) is 22.8 Å². The highest BCUT2D eigenvalue weighted by Crippen LogP contribution is 2.34. The zero-order chi connectivity index (χ0) is 19.6. The molecule has 1 aliphatic heterocycles. The lowest BCUT2D eigenvalue weighted by molar-refractivity contribution is 0.0230. The van der Waals surface area contributed by atoms with Crippen molar-refractivity contribution in [2.24, 2.45) is 0 Å². The van der Waals surface area contributed by atoms with Crippen molar-refractivity contribution in [2.75, 3.05) is 32.8 Å². The molecule has 3 heterocycles. The second-order valence-electron chi connectivity index (χ2n) is 7.78. The molecule has 0 spiro atoms. The number of rotatable bonds is 6. The minimum Gasteiger partial charge on any atom is -0.379 e. The Morgan fingerprint density at radius 3 is 2.54 bits per heavy atom. The second-order valence-corrected chi connectivity index (χ2v) is 7.78. The fourth-order valence-corrected chi connectivity index (χ4v) is 3.89. The molecule has 0 unspecified atom stereocenters. The van der Waals surface area contributed by atoms with E-state index in [1.165, 1.54) is 0 Å². The number of aromatic nitrogens is 5.